The quantitative estimate of drug-likeness (QED) is 0.249. The average Bonchev–Trinajstić information content (AvgIpc) is 3.68. The van der Waals surface area contributed by atoms with Gasteiger partial charge in [-0.1, -0.05) is 57.8 Å². The van der Waals surface area contributed by atoms with Crippen molar-refractivity contribution in [3.63, 3.8) is 0 Å². The highest BCUT2D eigenvalue weighted by Crippen LogP contribution is 2.43. The van der Waals surface area contributed by atoms with Crippen molar-refractivity contribution in [2.75, 3.05) is 40.0 Å². The van der Waals surface area contributed by atoms with E-state index in [4.69, 9.17) is 42.1 Å². The Morgan fingerprint density at radius 2 is 1.81 bits per heavy atom. The molecule has 3 fully saturated rings. The van der Waals surface area contributed by atoms with Gasteiger partial charge in [0.05, 0.1) is 30.4 Å². The molecule has 0 aromatic heterocycles. The molecule has 292 valence electrons. The SMILES string of the molecule is CCC[C@H](CC(=O)[C@@H]1C[C@]2(CC(c3cc(Cl)c(OC)cc3OCl)=NO2)CN1C(=O)[C@@H](NC(=O)CC1(C)CCOCC1)C(C)(C)C)C(=O)C(=O)N1CCC1. The van der Waals surface area contributed by atoms with Crippen LogP contribution in [0.4, 0.5) is 0 Å². The summed E-state index contributed by atoms with van der Waals surface area (Å²) < 4.78 is 15.9. The molecule has 0 bridgehead atoms. The van der Waals surface area contributed by atoms with Gasteiger partial charge in [0, 0.05) is 69.5 Å². The number of amides is 3. The first-order chi connectivity index (χ1) is 25.0. The number of nitrogens with zero attached hydrogens (tertiary/aromatic N) is 3. The zero-order valence-corrected chi connectivity index (χ0v) is 33.1. The van der Waals surface area contributed by atoms with Crippen LogP contribution in [0.3, 0.4) is 0 Å². The van der Waals surface area contributed by atoms with E-state index in [-0.39, 0.29) is 60.1 Å². The first kappa shape index (κ1) is 40.8. The van der Waals surface area contributed by atoms with Crippen molar-refractivity contribution >= 4 is 58.5 Å². The van der Waals surface area contributed by atoms with Crippen molar-refractivity contribution in [3.05, 3.63) is 22.7 Å². The molecule has 3 amide bonds. The van der Waals surface area contributed by atoms with Crippen molar-refractivity contribution in [2.45, 2.75) is 110 Å². The van der Waals surface area contributed by atoms with Crippen LogP contribution in [0.2, 0.25) is 5.02 Å². The molecular weight excluding hydrogens is 727 g/mol. The van der Waals surface area contributed by atoms with Gasteiger partial charge in [-0.2, -0.15) is 0 Å². The molecule has 13 nitrogen and oxygen atoms in total. The lowest BCUT2D eigenvalue weighted by Gasteiger charge is -2.37. The second kappa shape index (κ2) is 16.5. The lowest BCUT2D eigenvalue weighted by molar-refractivity contribution is -0.150. The second-order valence-electron chi connectivity index (χ2n) is 16.4. The minimum Gasteiger partial charge on any atom is -0.495 e. The fourth-order valence-corrected chi connectivity index (χ4v) is 8.03. The van der Waals surface area contributed by atoms with Crippen LogP contribution < -0.4 is 14.3 Å². The molecule has 4 aliphatic rings. The molecule has 3 saturated heterocycles. The Morgan fingerprint density at radius 3 is 2.40 bits per heavy atom. The topological polar surface area (TPSA) is 153 Å². The monoisotopic (exact) mass is 778 g/mol. The number of likely N-dealkylation sites (tertiary alicyclic amines) is 2. The summed E-state index contributed by atoms with van der Waals surface area (Å²) in [5.74, 6) is -2.47. The maximum atomic E-state index is 14.8. The maximum Gasteiger partial charge on any atom is 0.290 e. The van der Waals surface area contributed by atoms with Crippen LogP contribution in [0.5, 0.6) is 11.5 Å². The molecular formula is C38H52Cl2N4O9. The number of carbonyl (C=O) groups excluding carboxylic acids is 5. The van der Waals surface area contributed by atoms with E-state index in [1.165, 1.54) is 23.0 Å². The number of ketones is 2. The Bertz CT molecular complexity index is 1620. The van der Waals surface area contributed by atoms with Gasteiger partial charge >= 0.3 is 0 Å². The first-order valence-corrected chi connectivity index (χ1v) is 19.2. The van der Waals surface area contributed by atoms with E-state index < -0.39 is 46.6 Å². The third-order valence-corrected chi connectivity index (χ3v) is 11.5. The van der Waals surface area contributed by atoms with E-state index >= 15 is 0 Å². The summed E-state index contributed by atoms with van der Waals surface area (Å²) in [7, 11) is 1.46. The summed E-state index contributed by atoms with van der Waals surface area (Å²) in [6.45, 7) is 11.7. The zero-order valence-electron chi connectivity index (χ0n) is 31.6. The Labute approximate surface area is 321 Å². The van der Waals surface area contributed by atoms with Crippen molar-refractivity contribution in [1.29, 1.82) is 0 Å². The third-order valence-electron chi connectivity index (χ3n) is 11.1. The molecule has 1 spiro atoms. The summed E-state index contributed by atoms with van der Waals surface area (Å²) in [5.41, 5.74) is -1.23. The number of rotatable bonds is 14. The lowest BCUT2D eigenvalue weighted by Crippen LogP contribution is -2.57. The molecule has 53 heavy (non-hydrogen) atoms. The average molecular weight is 780 g/mol. The van der Waals surface area contributed by atoms with Crippen LogP contribution in [0.1, 0.15) is 98.0 Å². The van der Waals surface area contributed by atoms with Crippen LogP contribution in [0.25, 0.3) is 0 Å². The first-order valence-electron chi connectivity index (χ1n) is 18.5. The fraction of sp³-hybridized carbons (Fsp3) is 0.684. The molecule has 5 rings (SSSR count). The van der Waals surface area contributed by atoms with Gasteiger partial charge in [0.2, 0.25) is 17.6 Å². The smallest absolute Gasteiger partial charge is 0.290 e. The predicted octanol–water partition coefficient (Wildman–Crippen LogP) is 5.26. The molecule has 0 saturated carbocycles. The lowest BCUT2D eigenvalue weighted by atomic mass is 9.78. The van der Waals surface area contributed by atoms with Gasteiger partial charge < -0.3 is 33.7 Å². The van der Waals surface area contributed by atoms with Gasteiger partial charge in [-0.25, -0.2) is 0 Å². The third kappa shape index (κ3) is 9.11. The van der Waals surface area contributed by atoms with Crippen molar-refractivity contribution in [1.82, 2.24) is 15.1 Å². The van der Waals surface area contributed by atoms with Gasteiger partial charge in [0.1, 0.15) is 23.7 Å². The molecule has 0 radical (unpaired) electrons. The molecule has 0 aliphatic carbocycles. The Balaban J connectivity index is 1.43. The molecule has 1 N–H and O–H groups in total. The van der Waals surface area contributed by atoms with Gasteiger partial charge in [0.25, 0.3) is 5.91 Å². The number of methoxy groups -OCH3 is 1. The van der Waals surface area contributed by atoms with Gasteiger partial charge in [-0.15, -0.1) is 0 Å². The number of carbonyl (C=O) groups is 5. The van der Waals surface area contributed by atoms with Crippen LogP contribution >= 0.6 is 23.5 Å². The number of oxime groups is 1. The van der Waals surface area contributed by atoms with Crippen LogP contribution in [0.15, 0.2) is 17.3 Å². The molecule has 4 heterocycles. The van der Waals surface area contributed by atoms with Crippen molar-refractivity contribution in [3.8, 4) is 11.5 Å². The molecule has 1 aromatic carbocycles. The maximum absolute atomic E-state index is 14.8. The Hall–Kier alpha value is -3.42. The Kier molecular flexibility index (Phi) is 12.7. The number of nitrogens with one attached hydrogen (secondary N) is 1. The number of hydrogen-bond acceptors (Lipinski definition) is 10. The fourth-order valence-electron chi connectivity index (χ4n) is 7.67. The van der Waals surface area contributed by atoms with E-state index in [0.29, 0.717) is 56.2 Å². The van der Waals surface area contributed by atoms with E-state index in [1.807, 2.05) is 34.6 Å². The van der Waals surface area contributed by atoms with E-state index in [1.54, 1.807) is 6.07 Å². The van der Waals surface area contributed by atoms with Crippen LogP contribution in [-0.2, 0) is 33.5 Å². The van der Waals surface area contributed by atoms with E-state index in [2.05, 4.69) is 10.5 Å². The molecule has 4 aliphatic heterocycles. The van der Waals surface area contributed by atoms with E-state index in [9.17, 15) is 24.0 Å². The van der Waals surface area contributed by atoms with Gasteiger partial charge in [-0.05, 0) is 42.6 Å². The van der Waals surface area contributed by atoms with E-state index in [0.717, 1.165) is 19.3 Å². The zero-order chi connectivity index (χ0) is 38.7. The molecule has 0 unspecified atom stereocenters. The minimum atomic E-state index is -1.12. The highest BCUT2D eigenvalue weighted by Gasteiger charge is 2.56. The van der Waals surface area contributed by atoms with Crippen molar-refractivity contribution in [2.24, 2.45) is 21.9 Å². The number of benzene rings is 1. The number of ether oxygens (including phenoxy) is 2. The molecule has 4 atom stereocenters. The van der Waals surface area contributed by atoms with Gasteiger partial charge in [-0.3, -0.25) is 24.0 Å². The summed E-state index contributed by atoms with van der Waals surface area (Å²) in [4.78, 5) is 78.2. The summed E-state index contributed by atoms with van der Waals surface area (Å²) in [6.07, 6.45) is 3.49. The standard InChI is InChI=1S/C38H52Cl2N4O9/c1-7-9-23(32(47)34(48)43-12-8-13-43)16-28(45)27-20-38(19-26(42-53-38)24-17-25(39)30(50-6)18-29(24)52-40)22-44(27)35(49)33(36(2,3)4)41-31(46)21-37(5)10-14-51-15-11-37/h17-18,23,27,33H,7-16,19-22H2,1-6H3,(H,41,46)/t23-,27+,33-,38-/m1/s1. The second-order valence-corrected chi connectivity index (χ2v) is 16.9. The predicted molar refractivity (Wildman–Crippen MR) is 198 cm³/mol. The van der Waals surface area contributed by atoms with Gasteiger partial charge in [0.15, 0.2) is 17.1 Å². The molecule has 1 aromatic rings. The number of hydrogen-bond donors (Lipinski definition) is 1. The number of Topliss-reactive ketones (excluding diaryl/α,β-unsaturated/α-hetero) is 2. The van der Waals surface area contributed by atoms with Crippen LogP contribution in [-0.4, -0.2) is 102 Å². The summed E-state index contributed by atoms with van der Waals surface area (Å²) >= 11 is 12.3. The normalized spacial score (nSPS) is 23.4. The van der Waals surface area contributed by atoms with Crippen molar-refractivity contribution < 1.29 is 42.6 Å². The number of halogens is 2. The summed E-state index contributed by atoms with van der Waals surface area (Å²) in [5, 5.41) is 7.68. The Morgan fingerprint density at radius 1 is 1.11 bits per heavy atom. The van der Waals surface area contributed by atoms with Crippen LogP contribution in [0, 0.1) is 16.7 Å². The highest BCUT2D eigenvalue weighted by atomic mass is 35.5. The minimum absolute atomic E-state index is 0.0210. The largest absolute Gasteiger partial charge is 0.495 e. The molecule has 15 heteroatoms. The highest BCUT2D eigenvalue weighted by molar-refractivity contribution is 6.37. The summed E-state index contributed by atoms with van der Waals surface area (Å²) in [6, 6.07) is 1.13.